The Hall–Kier alpha value is -2.77. The Labute approximate surface area is 152 Å². The number of carboxylic acids is 1. The van der Waals surface area contributed by atoms with Gasteiger partial charge in [-0.1, -0.05) is 0 Å². The minimum Gasteiger partial charge on any atom is -0.478 e. The maximum atomic E-state index is 12.5. The summed E-state index contributed by atoms with van der Waals surface area (Å²) in [5, 5.41) is 9.12. The molecule has 1 rings (SSSR count). The molecule has 2 amide bonds. The Morgan fingerprint density at radius 2 is 1.46 bits per heavy atom. The summed E-state index contributed by atoms with van der Waals surface area (Å²) in [5.74, 6) is -1.15. The molecule has 0 aliphatic carbocycles. The van der Waals surface area contributed by atoms with Crippen LogP contribution in [0.3, 0.4) is 0 Å². The number of ether oxygens (including phenoxy) is 2. The van der Waals surface area contributed by atoms with Crippen molar-refractivity contribution in [2.45, 2.75) is 59.3 Å². The van der Waals surface area contributed by atoms with E-state index in [1.165, 1.54) is 18.2 Å². The monoisotopic (exact) mass is 366 g/mol. The van der Waals surface area contributed by atoms with Crippen molar-refractivity contribution >= 4 is 23.8 Å². The number of carbonyl (C=O) groups is 3. The van der Waals surface area contributed by atoms with Gasteiger partial charge in [0, 0.05) is 5.69 Å². The fourth-order valence-corrected chi connectivity index (χ4v) is 1.88. The smallest absolute Gasteiger partial charge is 0.420 e. The van der Waals surface area contributed by atoms with Crippen molar-refractivity contribution in [3.05, 3.63) is 29.3 Å². The molecule has 3 N–H and O–H groups in total. The van der Waals surface area contributed by atoms with Crippen LogP contribution in [0.25, 0.3) is 0 Å². The van der Waals surface area contributed by atoms with Gasteiger partial charge in [-0.25, -0.2) is 19.3 Å². The highest BCUT2D eigenvalue weighted by Crippen LogP contribution is 2.21. The van der Waals surface area contributed by atoms with Gasteiger partial charge in [0.1, 0.15) is 11.2 Å². The number of aromatic carboxylic acids is 1. The minimum atomic E-state index is -1.15. The predicted molar refractivity (Wildman–Crippen MR) is 95.8 cm³/mol. The van der Waals surface area contributed by atoms with Crippen molar-refractivity contribution in [1.29, 1.82) is 0 Å². The van der Waals surface area contributed by atoms with Crippen LogP contribution in [0, 0.1) is 0 Å². The van der Waals surface area contributed by atoms with E-state index in [2.05, 4.69) is 0 Å². The lowest BCUT2D eigenvalue weighted by molar-refractivity contribution is -0.000210. The molecule has 26 heavy (non-hydrogen) atoms. The highest BCUT2D eigenvalue weighted by Gasteiger charge is 2.31. The molecule has 8 nitrogen and oxygen atoms in total. The zero-order chi connectivity index (χ0) is 20.3. The molecule has 0 saturated carbocycles. The zero-order valence-corrected chi connectivity index (χ0v) is 16.0. The number of anilines is 1. The second-order valence-corrected chi connectivity index (χ2v) is 7.77. The molecule has 0 fully saturated rings. The number of rotatable bonds is 3. The molecule has 1 aromatic carbocycles. The van der Waals surface area contributed by atoms with E-state index in [-0.39, 0.29) is 17.8 Å². The first-order valence-corrected chi connectivity index (χ1v) is 8.05. The van der Waals surface area contributed by atoms with Gasteiger partial charge in [-0.3, -0.25) is 0 Å². The van der Waals surface area contributed by atoms with Crippen LogP contribution in [0.5, 0.6) is 0 Å². The van der Waals surface area contributed by atoms with E-state index in [0.717, 1.165) is 4.90 Å². The summed E-state index contributed by atoms with van der Waals surface area (Å²) in [5.41, 5.74) is 4.74. The number of nitrogen functional groups attached to an aromatic ring is 1. The Morgan fingerprint density at radius 1 is 1.00 bits per heavy atom. The van der Waals surface area contributed by atoms with Crippen molar-refractivity contribution in [1.82, 2.24) is 4.90 Å². The van der Waals surface area contributed by atoms with E-state index >= 15 is 0 Å². The molecule has 0 radical (unpaired) electrons. The van der Waals surface area contributed by atoms with Crippen molar-refractivity contribution in [3.8, 4) is 0 Å². The summed E-state index contributed by atoms with van der Waals surface area (Å²) in [6, 6.07) is 4.05. The number of benzene rings is 1. The topological polar surface area (TPSA) is 119 Å². The van der Waals surface area contributed by atoms with Crippen LogP contribution < -0.4 is 5.73 Å². The average Bonchev–Trinajstić information content (AvgIpc) is 2.41. The van der Waals surface area contributed by atoms with Crippen molar-refractivity contribution < 1.29 is 29.0 Å². The van der Waals surface area contributed by atoms with Gasteiger partial charge in [0.2, 0.25) is 0 Å². The largest absolute Gasteiger partial charge is 0.478 e. The fourth-order valence-electron chi connectivity index (χ4n) is 1.88. The first-order chi connectivity index (χ1) is 11.7. The van der Waals surface area contributed by atoms with Crippen molar-refractivity contribution in [3.63, 3.8) is 0 Å². The molecule has 0 saturated heterocycles. The Morgan fingerprint density at radius 3 is 1.85 bits per heavy atom. The van der Waals surface area contributed by atoms with Gasteiger partial charge in [-0.15, -0.1) is 0 Å². The lowest BCUT2D eigenvalue weighted by atomic mass is 10.1. The molecule has 0 atom stereocenters. The summed E-state index contributed by atoms with van der Waals surface area (Å²) in [4.78, 5) is 36.8. The van der Waals surface area contributed by atoms with Gasteiger partial charge in [0.05, 0.1) is 12.1 Å². The second kappa shape index (κ2) is 7.63. The molecule has 0 bridgehead atoms. The van der Waals surface area contributed by atoms with Crippen LogP contribution in [0.4, 0.5) is 15.3 Å². The molecule has 1 aromatic rings. The summed E-state index contributed by atoms with van der Waals surface area (Å²) in [7, 11) is 0. The summed E-state index contributed by atoms with van der Waals surface area (Å²) in [6.45, 7) is 9.70. The van der Waals surface area contributed by atoms with Crippen LogP contribution in [-0.2, 0) is 16.0 Å². The molecule has 0 heterocycles. The van der Waals surface area contributed by atoms with E-state index in [1.54, 1.807) is 41.5 Å². The lowest BCUT2D eigenvalue weighted by Gasteiger charge is -2.29. The standard InChI is InChI=1S/C18H26N2O6/c1-17(2,3)25-15(23)20(16(24)26-18(4,5)6)10-12-9-11(14(21)22)7-8-13(12)19/h7-9H,10,19H2,1-6H3,(H,21,22). The van der Waals surface area contributed by atoms with Gasteiger partial charge in [0.15, 0.2) is 0 Å². The average molecular weight is 366 g/mol. The number of carbonyl (C=O) groups excluding carboxylic acids is 2. The van der Waals surface area contributed by atoms with Gasteiger partial charge < -0.3 is 20.3 Å². The summed E-state index contributed by atoms with van der Waals surface area (Å²) in [6.07, 6.45) is -1.82. The molecule has 144 valence electrons. The van der Waals surface area contributed by atoms with Crippen molar-refractivity contribution in [2.24, 2.45) is 0 Å². The maximum absolute atomic E-state index is 12.5. The molecule has 0 aliphatic heterocycles. The number of nitrogens with two attached hydrogens (primary N) is 1. The molecule has 0 aliphatic rings. The lowest BCUT2D eigenvalue weighted by Crippen LogP contribution is -2.43. The third kappa shape index (κ3) is 6.62. The van der Waals surface area contributed by atoms with Crippen LogP contribution in [0.15, 0.2) is 18.2 Å². The van der Waals surface area contributed by atoms with Gasteiger partial charge >= 0.3 is 18.2 Å². The van der Waals surface area contributed by atoms with Crippen LogP contribution in [0.2, 0.25) is 0 Å². The number of carboxylic acid groups (broad SMARTS) is 1. The first kappa shape index (κ1) is 21.3. The third-order valence-electron chi connectivity index (χ3n) is 2.95. The van der Waals surface area contributed by atoms with Gasteiger partial charge in [-0.2, -0.15) is 0 Å². The molecule has 0 unspecified atom stereocenters. The van der Waals surface area contributed by atoms with Crippen molar-refractivity contribution in [2.75, 3.05) is 5.73 Å². The fraction of sp³-hybridized carbons (Fsp3) is 0.500. The molecular weight excluding hydrogens is 340 g/mol. The number of hydrogen-bond acceptors (Lipinski definition) is 6. The molecule has 0 spiro atoms. The Balaban J connectivity index is 3.20. The summed E-state index contributed by atoms with van der Waals surface area (Å²) < 4.78 is 10.5. The SMILES string of the molecule is CC(C)(C)OC(=O)N(Cc1cc(C(=O)O)ccc1N)C(=O)OC(C)(C)C. The quantitative estimate of drug-likeness (QED) is 0.784. The Bertz CT molecular complexity index is 673. The Kier molecular flexibility index (Phi) is 6.25. The van der Waals surface area contributed by atoms with Crippen LogP contribution in [-0.4, -0.2) is 39.4 Å². The van der Waals surface area contributed by atoms with E-state index in [1.807, 2.05) is 0 Å². The van der Waals surface area contributed by atoms with E-state index in [9.17, 15) is 14.4 Å². The van der Waals surface area contributed by atoms with E-state index in [4.69, 9.17) is 20.3 Å². The first-order valence-electron chi connectivity index (χ1n) is 8.05. The van der Waals surface area contributed by atoms with Crippen LogP contribution >= 0.6 is 0 Å². The zero-order valence-electron chi connectivity index (χ0n) is 16.0. The van der Waals surface area contributed by atoms with Gasteiger partial charge in [-0.05, 0) is 65.3 Å². The number of amides is 2. The number of hydrogen-bond donors (Lipinski definition) is 2. The van der Waals surface area contributed by atoms with E-state index < -0.39 is 29.4 Å². The summed E-state index contributed by atoms with van der Waals surface area (Å²) >= 11 is 0. The number of imide groups is 1. The molecule has 0 aromatic heterocycles. The second-order valence-electron chi connectivity index (χ2n) is 7.77. The highest BCUT2D eigenvalue weighted by atomic mass is 16.6. The van der Waals surface area contributed by atoms with Gasteiger partial charge in [0.25, 0.3) is 0 Å². The highest BCUT2D eigenvalue weighted by molar-refractivity contribution is 5.90. The molecular formula is C18H26N2O6. The van der Waals surface area contributed by atoms with E-state index in [0.29, 0.717) is 5.56 Å². The van der Waals surface area contributed by atoms with Crippen LogP contribution in [0.1, 0.15) is 57.5 Å². The maximum Gasteiger partial charge on any atom is 0.420 e. The number of nitrogens with zero attached hydrogens (tertiary/aromatic N) is 1. The predicted octanol–water partition coefficient (Wildman–Crippen LogP) is 3.64. The normalized spacial score (nSPS) is 11.6. The minimum absolute atomic E-state index is 0.0115. The third-order valence-corrected chi connectivity index (χ3v) is 2.95. The molecule has 8 heteroatoms.